The summed E-state index contributed by atoms with van der Waals surface area (Å²) in [5, 5.41) is 40.3. The van der Waals surface area contributed by atoms with E-state index in [9.17, 15) is 38.2 Å². The number of carbonyl (C=O) groups excluding carboxylic acids is 1. The normalized spacial score (nSPS) is 16.8. The van der Waals surface area contributed by atoms with Gasteiger partial charge in [0.05, 0.1) is 6.61 Å². The van der Waals surface area contributed by atoms with Crippen molar-refractivity contribution in [3.63, 3.8) is 0 Å². The van der Waals surface area contributed by atoms with Gasteiger partial charge in [0, 0.05) is 6.54 Å². The van der Waals surface area contributed by atoms with Crippen molar-refractivity contribution in [1.82, 2.24) is 5.32 Å². The standard InChI is InChI=1S/C11H23NO9S.Na/c1-2-3-4-5-12-11(17)10(16)9(15)8(14)7(13)6-21-22(18,19)20;/h7-10,13-16H,2-6H2,1H3,(H,12,17)(H,18,19,20);/q;+1/p-1/t7-,8-,9+,10+;/m1./s1. The second-order valence-electron chi connectivity index (χ2n) is 4.68. The molecule has 10 nitrogen and oxygen atoms in total. The van der Waals surface area contributed by atoms with Crippen LogP contribution in [0.25, 0.3) is 0 Å². The molecule has 132 valence electrons. The molecule has 0 saturated heterocycles. The van der Waals surface area contributed by atoms with Crippen molar-refractivity contribution in [2.75, 3.05) is 13.2 Å². The van der Waals surface area contributed by atoms with Crippen molar-refractivity contribution in [1.29, 1.82) is 0 Å². The minimum Gasteiger partial charge on any atom is -0.726 e. The number of rotatable bonds is 11. The van der Waals surface area contributed by atoms with Gasteiger partial charge in [0.15, 0.2) is 6.10 Å². The zero-order valence-electron chi connectivity index (χ0n) is 13.1. The Morgan fingerprint density at radius 3 is 2.22 bits per heavy atom. The van der Waals surface area contributed by atoms with Crippen molar-refractivity contribution >= 4 is 16.3 Å². The molecule has 1 amide bonds. The van der Waals surface area contributed by atoms with E-state index in [2.05, 4.69) is 9.50 Å². The fraction of sp³-hybridized carbons (Fsp3) is 0.909. The van der Waals surface area contributed by atoms with Gasteiger partial charge in [0.1, 0.15) is 18.3 Å². The fourth-order valence-electron chi connectivity index (χ4n) is 1.51. The van der Waals surface area contributed by atoms with Gasteiger partial charge in [-0.3, -0.25) is 8.98 Å². The Balaban J connectivity index is 0. The molecule has 5 N–H and O–H groups in total. The van der Waals surface area contributed by atoms with Crippen molar-refractivity contribution < 1.29 is 71.9 Å². The van der Waals surface area contributed by atoms with E-state index >= 15 is 0 Å². The molecule has 0 aromatic rings. The molecule has 23 heavy (non-hydrogen) atoms. The number of nitrogens with one attached hydrogen (secondary N) is 1. The first-order valence-electron chi connectivity index (χ1n) is 6.70. The van der Waals surface area contributed by atoms with Crippen LogP contribution in [0, 0.1) is 0 Å². The third kappa shape index (κ3) is 11.4. The van der Waals surface area contributed by atoms with Crippen molar-refractivity contribution in [3.8, 4) is 0 Å². The minimum atomic E-state index is -5.08. The average Bonchev–Trinajstić information content (AvgIpc) is 2.45. The van der Waals surface area contributed by atoms with Crippen LogP contribution in [0.4, 0.5) is 0 Å². The second kappa shape index (κ2) is 12.5. The molecule has 0 fully saturated rings. The molecule has 0 aliphatic rings. The molecule has 4 atom stereocenters. The van der Waals surface area contributed by atoms with Crippen LogP contribution in [0.2, 0.25) is 0 Å². The van der Waals surface area contributed by atoms with Crippen LogP contribution in [0.1, 0.15) is 26.2 Å². The van der Waals surface area contributed by atoms with Crippen LogP contribution >= 0.6 is 0 Å². The van der Waals surface area contributed by atoms with Crippen LogP contribution in [-0.2, 0) is 19.4 Å². The predicted molar refractivity (Wildman–Crippen MR) is 72.2 cm³/mol. The summed E-state index contributed by atoms with van der Waals surface area (Å²) in [7, 11) is -5.08. The van der Waals surface area contributed by atoms with Crippen LogP contribution in [0.3, 0.4) is 0 Å². The first kappa shape index (κ1) is 25.4. The smallest absolute Gasteiger partial charge is 0.726 e. The van der Waals surface area contributed by atoms with E-state index in [1.165, 1.54) is 0 Å². The van der Waals surface area contributed by atoms with Crippen molar-refractivity contribution in [2.45, 2.75) is 50.6 Å². The number of amides is 1. The number of hydrogen-bond acceptors (Lipinski definition) is 9. The van der Waals surface area contributed by atoms with Gasteiger partial charge in [-0.05, 0) is 6.42 Å². The van der Waals surface area contributed by atoms with Gasteiger partial charge in [0.2, 0.25) is 10.4 Å². The second-order valence-corrected chi connectivity index (χ2v) is 5.74. The predicted octanol–water partition coefficient (Wildman–Crippen LogP) is -5.78. The van der Waals surface area contributed by atoms with Crippen LogP contribution in [0.15, 0.2) is 0 Å². The van der Waals surface area contributed by atoms with E-state index in [0.717, 1.165) is 12.8 Å². The summed E-state index contributed by atoms with van der Waals surface area (Å²) in [6.07, 6.45) is -5.73. The monoisotopic (exact) mass is 367 g/mol. The molecule has 0 saturated carbocycles. The summed E-state index contributed by atoms with van der Waals surface area (Å²) in [5.74, 6) is -0.952. The Morgan fingerprint density at radius 2 is 1.74 bits per heavy atom. The summed E-state index contributed by atoms with van der Waals surface area (Å²) in [4.78, 5) is 11.5. The van der Waals surface area contributed by atoms with Crippen molar-refractivity contribution in [2.24, 2.45) is 0 Å². The Bertz CT molecular complexity index is 433. The van der Waals surface area contributed by atoms with Gasteiger partial charge < -0.3 is 30.3 Å². The quantitative estimate of drug-likeness (QED) is 0.103. The molecule has 0 aromatic carbocycles. The fourth-order valence-corrected chi connectivity index (χ4v) is 1.82. The molecule has 0 aliphatic heterocycles. The largest absolute Gasteiger partial charge is 1.00 e. The SMILES string of the molecule is CCCCCNC(=O)[C@@H](O)[C@@H](O)[C@H](O)[C@H](O)COS(=O)(=O)[O-].[Na+]. The number of aliphatic hydroxyl groups excluding tert-OH is 4. The number of aliphatic hydroxyl groups is 4. The summed E-state index contributed by atoms with van der Waals surface area (Å²) in [5.41, 5.74) is 0. The van der Waals surface area contributed by atoms with Crippen LogP contribution < -0.4 is 34.9 Å². The van der Waals surface area contributed by atoms with Crippen LogP contribution in [-0.4, -0.2) is 76.9 Å². The molecule has 0 spiro atoms. The third-order valence-electron chi connectivity index (χ3n) is 2.80. The van der Waals surface area contributed by atoms with Gasteiger partial charge in [-0.15, -0.1) is 0 Å². The van der Waals surface area contributed by atoms with E-state index in [0.29, 0.717) is 6.42 Å². The Labute approximate surface area is 157 Å². The van der Waals surface area contributed by atoms with E-state index in [4.69, 9.17) is 0 Å². The summed E-state index contributed by atoms with van der Waals surface area (Å²) in [6, 6.07) is 0. The molecule has 0 unspecified atom stereocenters. The maximum absolute atomic E-state index is 11.5. The van der Waals surface area contributed by atoms with E-state index in [-0.39, 0.29) is 36.1 Å². The zero-order chi connectivity index (χ0) is 17.3. The van der Waals surface area contributed by atoms with Gasteiger partial charge in [-0.2, -0.15) is 0 Å². The molecular formula is C11H22NNaO9S. The van der Waals surface area contributed by atoms with Crippen LogP contribution in [0.5, 0.6) is 0 Å². The van der Waals surface area contributed by atoms with Gasteiger partial charge in [0.25, 0.3) is 5.91 Å². The van der Waals surface area contributed by atoms with Crippen molar-refractivity contribution in [3.05, 3.63) is 0 Å². The Morgan fingerprint density at radius 1 is 1.17 bits per heavy atom. The summed E-state index contributed by atoms with van der Waals surface area (Å²) >= 11 is 0. The summed E-state index contributed by atoms with van der Waals surface area (Å²) in [6.45, 7) is 1.11. The average molecular weight is 367 g/mol. The molecular weight excluding hydrogens is 345 g/mol. The molecule has 12 heteroatoms. The van der Waals surface area contributed by atoms with E-state index in [1.807, 2.05) is 6.92 Å². The third-order valence-corrected chi connectivity index (χ3v) is 3.22. The van der Waals surface area contributed by atoms with E-state index < -0.39 is 47.3 Å². The first-order valence-corrected chi connectivity index (χ1v) is 8.03. The molecule has 0 aliphatic carbocycles. The molecule has 0 aromatic heterocycles. The topological polar surface area (TPSA) is 176 Å². The summed E-state index contributed by atoms with van der Waals surface area (Å²) < 4.78 is 34.3. The number of hydrogen-bond donors (Lipinski definition) is 5. The van der Waals surface area contributed by atoms with Gasteiger partial charge >= 0.3 is 29.6 Å². The number of carbonyl (C=O) groups is 1. The van der Waals surface area contributed by atoms with E-state index in [1.54, 1.807) is 0 Å². The Hall–Kier alpha value is 0.180. The molecule has 0 bridgehead atoms. The minimum absolute atomic E-state index is 0. The maximum Gasteiger partial charge on any atom is 1.00 e. The molecule has 0 rings (SSSR count). The molecule has 0 radical (unpaired) electrons. The maximum atomic E-state index is 11.5. The molecule has 0 heterocycles. The zero-order valence-corrected chi connectivity index (χ0v) is 15.9. The number of unbranched alkanes of at least 4 members (excludes halogenated alkanes) is 2. The van der Waals surface area contributed by atoms with Gasteiger partial charge in [-0.25, -0.2) is 8.42 Å². The first-order chi connectivity index (χ1) is 10.1. The Kier molecular flexibility index (Phi) is 13.8. The van der Waals surface area contributed by atoms with Gasteiger partial charge in [-0.1, -0.05) is 19.8 Å².